The molecule has 0 aromatic rings. The monoisotopic (exact) mass is 293 g/mol. The molecule has 0 heterocycles. The molecule has 1 fully saturated rings. The summed E-state index contributed by atoms with van der Waals surface area (Å²) in [6, 6.07) is 0. The van der Waals surface area contributed by atoms with E-state index in [-0.39, 0.29) is 0 Å². The van der Waals surface area contributed by atoms with E-state index in [1.807, 2.05) is 5.92 Å². The lowest BCUT2D eigenvalue weighted by atomic mass is 9.91. The third kappa shape index (κ3) is 5.92. The minimum atomic E-state index is 1.33. The van der Waals surface area contributed by atoms with Crippen LogP contribution in [0.5, 0.6) is 0 Å². The molecule has 0 nitrogen and oxygen atoms in total. The average molecular weight is 293 g/mol. The van der Waals surface area contributed by atoms with E-state index in [1.54, 1.807) is 0 Å². The molecule has 0 spiro atoms. The maximum Gasteiger partial charge on any atom is 0.0000762 e. The molecule has 0 amide bonds. The number of hydrogen-bond donors (Lipinski definition) is 0. The second kappa shape index (κ2) is 8.07. The molecule has 1 rings (SSSR count). The Kier molecular flexibility index (Phi) is 7.33. The molecule has 0 bridgehead atoms. The number of rotatable bonds is 2. The van der Waals surface area contributed by atoms with E-state index in [4.69, 9.17) is 0 Å². The van der Waals surface area contributed by atoms with Gasteiger partial charge in [-0.2, -0.15) is 0 Å². The van der Waals surface area contributed by atoms with Gasteiger partial charge in [0.2, 0.25) is 0 Å². The fourth-order valence-corrected chi connectivity index (χ4v) is 2.91. The fraction of sp³-hybridized carbons (Fsp3) is 0.917. The SMILES string of the molecule is ICC[C]1CCCCCCCCC1. The predicted molar refractivity (Wildman–Crippen MR) is 68.3 cm³/mol. The van der Waals surface area contributed by atoms with Gasteiger partial charge in [-0.05, 0) is 25.2 Å². The van der Waals surface area contributed by atoms with Crippen LogP contribution in [0.2, 0.25) is 0 Å². The predicted octanol–water partition coefficient (Wildman–Crippen LogP) is 4.91. The first-order valence-corrected chi connectivity index (χ1v) is 7.35. The van der Waals surface area contributed by atoms with Crippen LogP contribution in [0.25, 0.3) is 0 Å². The summed E-state index contributed by atoms with van der Waals surface area (Å²) in [5.74, 6) is 1.86. The first-order chi connectivity index (χ1) is 6.43. The third-order valence-corrected chi connectivity index (χ3v) is 3.55. The van der Waals surface area contributed by atoms with Crippen LogP contribution in [0.1, 0.15) is 64.2 Å². The fourth-order valence-electron chi connectivity index (χ4n) is 2.14. The molecule has 0 aliphatic heterocycles. The highest BCUT2D eigenvalue weighted by Gasteiger charge is 2.09. The van der Waals surface area contributed by atoms with Crippen molar-refractivity contribution in [2.45, 2.75) is 64.2 Å². The lowest BCUT2D eigenvalue weighted by Gasteiger charge is -2.16. The maximum absolute atomic E-state index is 2.51. The van der Waals surface area contributed by atoms with Crippen molar-refractivity contribution in [2.24, 2.45) is 0 Å². The highest BCUT2D eigenvalue weighted by atomic mass is 127. The molecule has 77 valence electrons. The third-order valence-electron chi connectivity index (χ3n) is 3.01. The Morgan fingerprint density at radius 1 is 0.769 bits per heavy atom. The first-order valence-electron chi connectivity index (χ1n) is 5.83. The van der Waals surface area contributed by atoms with Crippen LogP contribution in [-0.2, 0) is 0 Å². The van der Waals surface area contributed by atoms with Gasteiger partial charge < -0.3 is 0 Å². The van der Waals surface area contributed by atoms with Crippen molar-refractivity contribution >= 4 is 22.6 Å². The van der Waals surface area contributed by atoms with Gasteiger partial charge in [0.05, 0.1) is 0 Å². The molecule has 0 aromatic carbocycles. The van der Waals surface area contributed by atoms with Gasteiger partial charge in [0.15, 0.2) is 0 Å². The van der Waals surface area contributed by atoms with Crippen LogP contribution in [0, 0.1) is 5.92 Å². The van der Waals surface area contributed by atoms with Crippen molar-refractivity contribution in [1.29, 1.82) is 0 Å². The summed E-state index contributed by atoms with van der Waals surface area (Å²) >= 11 is 2.51. The van der Waals surface area contributed by atoms with Gasteiger partial charge in [-0.25, -0.2) is 0 Å². The topological polar surface area (TPSA) is 0 Å². The first kappa shape index (κ1) is 11.8. The minimum absolute atomic E-state index is 1.33. The largest absolute Gasteiger partial charge is 0.0864 e. The maximum atomic E-state index is 2.51. The number of halogens is 1. The zero-order valence-electron chi connectivity index (χ0n) is 8.66. The van der Waals surface area contributed by atoms with Crippen molar-refractivity contribution in [3.63, 3.8) is 0 Å². The van der Waals surface area contributed by atoms with Gasteiger partial charge in [0.25, 0.3) is 0 Å². The van der Waals surface area contributed by atoms with E-state index in [2.05, 4.69) is 22.6 Å². The zero-order chi connectivity index (χ0) is 9.36. The Labute approximate surface area is 97.0 Å². The van der Waals surface area contributed by atoms with Crippen LogP contribution in [0.15, 0.2) is 0 Å². The molecule has 1 aliphatic carbocycles. The molecular formula is C12H22I. The number of hydrogen-bond acceptors (Lipinski definition) is 0. The molecule has 0 saturated heterocycles. The summed E-state index contributed by atoms with van der Waals surface area (Å²) < 4.78 is 1.33. The molecule has 1 heteroatoms. The van der Waals surface area contributed by atoms with Gasteiger partial charge >= 0.3 is 0 Å². The molecule has 1 aliphatic rings. The van der Waals surface area contributed by atoms with Crippen LogP contribution in [-0.4, -0.2) is 4.43 Å². The second-order valence-electron chi connectivity index (χ2n) is 4.16. The van der Waals surface area contributed by atoms with E-state index >= 15 is 0 Å². The van der Waals surface area contributed by atoms with E-state index in [0.29, 0.717) is 0 Å². The quantitative estimate of drug-likeness (QED) is 0.501. The van der Waals surface area contributed by atoms with Crippen molar-refractivity contribution in [2.75, 3.05) is 4.43 Å². The second-order valence-corrected chi connectivity index (χ2v) is 5.24. The molecule has 0 aromatic heterocycles. The Morgan fingerprint density at radius 3 is 1.69 bits per heavy atom. The lowest BCUT2D eigenvalue weighted by molar-refractivity contribution is 0.512. The Morgan fingerprint density at radius 2 is 1.23 bits per heavy atom. The van der Waals surface area contributed by atoms with E-state index < -0.39 is 0 Å². The highest BCUT2D eigenvalue weighted by Crippen LogP contribution is 2.25. The molecule has 1 radical (unpaired) electrons. The van der Waals surface area contributed by atoms with Crippen molar-refractivity contribution in [3.05, 3.63) is 5.92 Å². The smallest absolute Gasteiger partial charge is 0.0000762 e. The van der Waals surface area contributed by atoms with Crippen molar-refractivity contribution in [1.82, 2.24) is 0 Å². The van der Waals surface area contributed by atoms with Crippen LogP contribution in [0.4, 0.5) is 0 Å². The van der Waals surface area contributed by atoms with Gasteiger partial charge in [-0.1, -0.05) is 67.5 Å². The van der Waals surface area contributed by atoms with Gasteiger partial charge in [0, 0.05) is 4.43 Å². The molecule has 0 atom stereocenters. The lowest BCUT2D eigenvalue weighted by Crippen LogP contribution is -2.00. The molecule has 0 unspecified atom stereocenters. The summed E-state index contributed by atoms with van der Waals surface area (Å²) in [6.45, 7) is 0. The van der Waals surface area contributed by atoms with Crippen LogP contribution in [0.3, 0.4) is 0 Å². The Balaban J connectivity index is 2.18. The van der Waals surface area contributed by atoms with Crippen LogP contribution >= 0.6 is 22.6 Å². The van der Waals surface area contributed by atoms with E-state index in [1.165, 1.54) is 68.6 Å². The molecule has 13 heavy (non-hydrogen) atoms. The van der Waals surface area contributed by atoms with Crippen molar-refractivity contribution < 1.29 is 0 Å². The van der Waals surface area contributed by atoms with Gasteiger partial charge in [-0.3, -0.25) is 0 Å². The van der Waals surface area contributed by atoms with Crippen LogP contribution < -0.4 is 0 Å². The Bertz CT molecular complexity index is 102. The average Bonchev–Trinajstić information content (AvgIpc) is 2.16. The zero-order valence-corrected chi connectivity index (χ0v) is 10.8. The highest BCUT2D eigenvalue weighted by molar-refractivity contribution is 14.1. The summed E-state index contributed by atoms with van der Waals surface area (Å²) in [6.07, 6.45) is 14.6. The summed E-state index contributed by atoms with van der Waals surface area (Å²) in [7, 11) is 0. The van der Waals surface area contributed by atoms with Gasteiger partial charge in [0.1, 0.15) is 0 Å². The molecule has 0 N–H and O–H groups in total. The summed E-state index contributed by atoms with van der Waals surface area (Å²) in [5, 5.41) is 0. The summed E-state index contributed by atoms with van der Waals surface area (Å²) in [5.41, 5.74) is 0. The molecule has 1 saturated carbocycles. The molecular weight excluding hydrogens is 271 g/mol. The number of alkyl halides is 1. The van der Waals surface area contributed by atoms with Gasteiger partial charge in [-0.15, -0.1) is 0 Å². The van der Waals surface area contributed by atoms with E-state index in [0.717, 1.165) is 0 Å². The minimum Gasteiger partial charge on any atom is -0.0864 e. The Hall–Kier alpha value is 0.730. The van der Waals surface area contributed by atoms with Crippen molar-refractivity contribution in [3.8, 4) is 0 Å². The van der Waals surface area contributed by atoms with E-state index in [9.17, 15) is 0 Å². The normalized spacial score (nSPS) is 22.8. The standard InChI is InChI=1S/C12H22I/c13-11-10-12-8-6-4-2-1-3-5-7-9-12/h1-11H2. The summed E-state index contributed by atoms with van der Waals surface area (Å²) in [4.78, 5) is 0.